The summed E-state index contributed by atoms with van der Waals surface area (Å²) in [7, 11) is -3.57. The summed E-state index contributed by atoms with van der Waals surface area (Å²) in [6, 6.07) is 13.5. The zero-order valence-corrected chi connectivity index (χ0v) is 15.3. The van der Waals surface area contributed by atoms with Gasteiger partial charge in [0.1, 0.15) is 5.82 Å². The van der Waals surface area contributed by atoms with Crippen molar-refractivity contribution in [2.45, 2.75) is 50.0 Å². The summed E-state index contributed by atoms with van der Waals surface area (Å²) < 4.78 is 40.7. The summed E-state index contributed by atoms with van der Waals surface area (Å²) in [6.45, 7) is 2.60. The molecule has 1 heterocycles. The third kappa shape index (κ3) is 4.28. The van der Waals surface area contributed by atoms with Crippen molar-refractivity contribution in [1.82, 2.24) is 4.31 Å². The Kier molecular flexibility index (Phi) is 5.54. The maximum Gasteiger partial charge on any atom is 0.243 e. The van der Waals surface area contributed by atoms with Crippen molar-refractivity contribution in [3.05, 3.63) is 65.5 Å². The minimum atomic E-state index is -3.57. The van der Waals surface area contributed by atoms with Gasteiger partial charge in [-0.1, -0.05) is 36.2 Å². The van der Waals surface area contributed by atoms with Crippen LogP contribution < -0.4 is 0 Å². The first-order valence-electron chi connectivity index (χ1n) is 8.80. The molecule has 0 bridgehead atoms. The number of aryl methyl sites for hydroxylation is 2. The molecule has 134 valence electrons. The lowest BCUT2D eigenvalue weighted by Crippen LogP contribution is -2.43. The molecule has 0 spiro atoms. The Morgan fingerprint density at radius 2 is 1.72 bits per heavy atom. The third-order valence-corrected chi connectivity index (χ3v) is 6.85. The van der Waals surface area contributed by atoms with Crippen LogP contribution in [-0.2, 0) is 16.4 Å². The summed E-state index contributed by atoms with van der Waals surface area (Å²) >= 11 is 0. The zero-order valence-electron chi connectivity index (χ0n) is 14.5. The average Bonchev–Trinajstić information content (AvgIpc) is 2.62. The SMILES string of the molecule is Cc1ccc(CCC2CCCCN2S(=O)(=O)c2ccc(F)cc2)cc1. The molecule has 5 heteroatoms. The number of nitrogens with zero attached hydrogens (tertiary/aromatic N) is 1. The molecule has 0 saturated carbocycles. The van der Waals surface area contributed by atoms with Crippen LogP contribution in [0.25, 0.3) is 0 Å². The van der Waals surface area contributed by atoms with Gasteiger partial charge >= 0.3 is 0 Å². The Labute approximate surface area is 149 Å². The van der Waals surface area contributed by atoms with Crippen molar-refractivity contribution in [3.8, 4) is 0 Å². The summed E-state index contributed by atoms with van der Waals surface area (Å²) in [4.78, 5) is 0.177. The van der Waals surface area contributed by atoms with E-state index in [1.807, 2.05) is 0 Å². The van der Waals surface area contributed by atoms with Gasteiger partial charge in [0, 0.05) is 12.6 Å². The van der Waals surface area contributed by atoms with Crippen LogP contribution in [0.1, 0.15) is 36.8 Å². The number of rotatable bonds is 5. The fourth-order valence-corrected chi connectivity index (χ4v) is 5.13. The molecule has 0 radical (unpaired) electrons. The molecular formula is C20H24FNO2S. The molecule has 3 nitrogen and oxygen atoms in total. The second-order valence-corrected chi connectivity index (χ2v) is 8.63. The molecule has 3 rings (SSSR count). The molecule has 1 fully saturated rings. The van der Waals surface area contributed by atoms with E-state index in [1.165, 1.54) is 35.4 Å². The molecule has 2 aromatic rings. The first-order chi connectivity index (χ1) is 12.0. The number of halogens is 1. The molecule has 2 aromatic carbocycles. The quantitative estimate of drug-likeness (QED) is 0.796. The number of hydrogen-bond donors (Lipinski definition) is 0. The lowest BCUT2D eigenvalue weighted by Gasteiger charge is -2.34. The van der Waals surface area contributed by atoms with Gasteiger partial charge in [-0.3, -0.25) is 0 Å². The molecule has 0 aromatic heterocycles. The van der Waals surface area contributed by atoms with E-state index in [0.29, 0.717) is 6.54 Å². The minimum absolute atomic E-state index is 0.00473. The van der Waals surface area contributed by atoms with Gasteiger partial charge in [-0.15, -0.1) is 0 Å². The smallest absolute Gasteiger partial charge is 0.207 e. The van der Waals surface area contributed by atoms with Crippen LogP contribution in [0.5, 0.6) is 0 Å². The number of piperidine rings is 1. The Balaban J connectivity index is 1.75. The minimum Gasteiger partial charge on any atom is -0.207 e. The molecule has 0 aliphatic carbocycles. The fourth-order valence-electron chi connectivity index (χ4n) is 3.41. The van der Waals surface area contributed by atoms with Gasteiger partial charge < -0.3 is 0 Å². The first kappa shape index (κ1) is 18.1. The number of sulfonamides is 1. The second kappa shape index (κ2) is 7.67. The molecule has 1 atom stereocenters. The Bertz CT molecular complexity index is 801. The first-order valence-corrected chi connectivity index (χ1v) is 10.2. The van der Waals surface area contributed by atoms with E-state index in [-0.39, 0.29) is 10.9 Å². The van der Waals surface area contributed by atoms with Crippen LogP contribution >= 0.6 is 0 Å². The van der Waals surface area contributed by atoms with Crippen LogP contribution in [0.15, 0.2) is 53.4 Å². The third-order valence-electron chi connectivity index (χ3n) is 4.88. The maximum absolute atomic E-state index is 13.1. The molecular weight excluding hydrogens is 337 g/mol. The molecule has 25 heavy (non-hydrogen) atoms. The van der Waals surface area contributed by atoms with E-state index in [4.69, 9.17) is 0 Å². The van der Waals surface area contributed by atoms with E-state index >= 15 is 0 Å². The number of benzene rings is 2. The normalized spacial score (nSPS) is 19.0. The van der Waals surface area contributed by atoms with E-state index in [2.05, 4.69) is 31.2 Å². The van der Waals surface area contributed by atoms with Gasteiger partial charge in [0.2, 0.25) is 10.0 Å². The predicted octanol–water partition coefficient (Wildman–Crippen LogP) is 4.31. The fraction of sp³-hybridized carbons (Fsp3) is 0.400. The summed E-state index contributed by atoms with van der Waals surface area (Å²) in [5.74, 6) is -0.423. The highest BCUT2D eigenvalue weighted by Crippen LogP contribution is 2.28. The highest BCUT2D eigenvalue weighted by Gasteiger charge is 2.33. The van der Waals surface area contributed by atoms with Crippen LogP contribution in [0.4, 0.5) is 4.39 Å². The van der Waals surface area contributed by atoms with Crippen molar-refractivity contribution >= 4 is 10.0 Å². The Morgan fingerprint density at radius 1 is 1.04 bits per heavy atom. The van der Waals surface area contributed by atoms with Crippen LogP contribution in [-0.4, -0.2) is 25.3 Å². The molecule has 1 unspecified atom stereocenters. The summed E-state index contributed by atoms with van der Waals surface area (Å²) in [6.07, 6.45) is 4.48. The molecule has 1 aliphatic heterocycles. The largest absolute Gasteiger partial charge is 0.243 e. The van der Waals surface area contributed by atoms with Gasteiger partial charge in [-0.05, 0) is 62.4 Å². The van der Waals surface area contributed by atoms with Gasteiger partial charge in [0.05, 0.1) is 4.90 Å². The van der Waals surface area contributed by atoms with Crippen molar-refractivity contribution in [2.75, 3.05) is 6.54 Å². The van der Waals surface area contributed by atoms with Gasteiger partial charge in [-0.25, -0.2) is 12.8 Å². The standard InChI is InChI=1S/C20H24FNO2S/c1-16-5-7-17(8-6-16)9-12-19-4-2-3-15-22(19)25(23,24)20-13-10-18(21)11-14-20/h5-8,10-11,13-14,19H,2-4,9,12,15H2,1H3. The van der Waals surface area contributed by atoms with E-state index < -0.39 is 15.8 Å². The maximum atomic E-state index is 13.1. The van der Waals surface area contributed by atoms with E-state index in [1.54, 1.807) is 4.31 Å². The highest BCUT2D eigenvalue weighted by atomic mass is 32.2. The topological polar surface area (TPSA) is 37.4 Å². The molecule has 0 N–H and O–H groups in total. The number of hydrogen-bond acceptors (Lipinski definition) is 2. The lowest BCUT2D eigenvalue weighted by atomic mass is 9.97. The summed E-state index contributed by atoms with van der Waals surface area (Å²) in [5.41, 5.74) is 2.46. The molecule has 0 amide bonds. The van der Waals surface area contributed by atoms with Crippen LogP contribution in [0, 0.1) is 12.7 Å². The van der Waals surface area contributed by atoms with Crippen molar-refractivity contribution in [1.29, 1.82) is 0 Å². The highest BCUT2D eigenvalue weighted by molar-refractivity contribution is 7.89. The van der Waals surface area contributed by atoms with Crippen LogP contribution in [0.3, 0.4) is 0 Å². The van der Waals surface area contributed by atoms with E-state index in [9.17, 15) is 12.8 Å². The Hall–Kier alpha value is -1.72. The van der Waals surface area contributed by atoms with E-state index in [0.717, 1.165) is 32.1 Å². The predicted molar refractivity (Wildman–Crippen MR) is 97.4 cm³/mol. The van der Waals surface area contributed by atoms with Crippen molar-refractivity contribution < 1.29 is 12.8 Å². The van der Waals surface area contributed by atoms with Crippen LogP contribution in [0.2, 0.25) is 0 Å². The van der Waals surface area contributed by atoms with Gasteiger partial charge in [-0.2, -0.15) is 4.31 Å². The summed E-state index contributed by atoms with van der Waals surface area (Å²) in [5, 5.41) is 0. The Morgan fingerprint density at radius 3 is 2.40 bits per heavy atom. The monoisotopic (exact) mass is 361 g/mol. The van der Waals surface area contributed by atoms with Crippen molar-refractivity contribution in [2.24, 2.45) is 0 Å². The molecule has 1 aliphatic rings. The second-order valence-electron chi connectivity index (χ2n) is 6.74. The van der Waals surface area contributed by atoms with Gasteiger partial charge in [0.15, 0.2) is 0 Å². The lowest BCUT2D eigenvalue weighted by molar-refractivity contribution is 0.241. The van der Waals surface area contributed by atoms with Gasteiger partial charge in [0.25, 0.3) is 0 Å². The average molecular weight is 361 g/mol. The van der Waals surface area contributed by atoms with Crippen molar-refractivity contribution in [3.63, 3.8) is 0 Å². The zero-order chi connectivity index (χ0) is 17.9. The molecule has 1 saturated heterocycles.